The van der Waals surface area contributed by atoms with Gasteiger partial charge in [0.1, 0.15) is 5.75 Å². The molecule has 0 saturated carbocycles. The normalized spacial score (nSPS) is 17.7. The fraction of sp³-hybridized carbons (Fsp3) is 0.538. The third-order valence-corrected chi connectivity index (χ3v) is 3.36. The van der Waals surface area contributed by atoms with Crippen molar-refractivity contribution in [2.24, 2.45) is 11.7 Å². The summed E-state index contributed by atoms with van der Waals surface area (Å²) in [6.45, 7) is 4.00. The lowest BCUT2D eigenvalue weighted by Gasteiger charge is -2.31. The molecule has 1 heterocycles. The van der Waals surface area contributed by atoms with E-state index in [1.54, 1.807) is 6.07 Å². The van der Waals surface area contributed by atoms with Gasteiger partial charge in [0.25, 0.3) is 0 Å². The minimum absolute atomic E-state index is 0. The Kier molecular flexibility index (Phi) is 5.75. The van der Waals surface area contributed by atoms with Crippen LogP contribution in [0, 0.1) is 5.92 Å². The highest BCUT2D eigenvalue weighted by Crippen LogP contribution is 2.19. The second kappa shape index (κ2) is 6.84. The lowest BCUT2D eigenvalue weighted by molar-refractivity contribution is 0.180. The molecule has 1 aliphatic rings. The molecule has 0 radical (unpaired) electrons. The second-order valence-corrected chi connectivity index (χ2v) is 4.63. The van der Waals surface area contributed by atoms with Crippen molar-refractivity contribution < 1.29 is 5.11 Å². The second-order valence-electron chi connectivity index (χ2n) is 4.63. The predicted octanol–water partition coefficient (Wildman–Crippen LogP) is 1.98. The Morgan fingerprint density at radius 1 is 1.29 bits per heavy atom. The maximum absolute atomic E-state index is 9.39. The molecular formula is C13H21ClN2O. The fourth-order valence-corrected chi connectivity index (χ4v) is 2.29. The van der Waals surface area contributed by atoms with Crippen molar-refractivity contribution in [2.75, 3.05) is 19.6 Å². The van der Waals surface area contributed by atoms with Gasteiger partial charge in [-0.15, -0.1) is 12.4 Å². The van der Waals surface area contributed by atoms with E-state index in [2.05, 4.69) is 11.0 Å². The van der Waals surface area contributed by atoms with Crippen LogP contribution < -0.4 is 5.73 Å². The summed E-state index contributed by atoms with van der Waals surface area (Å²) in [5, 5.41) is 9.39. The monoisotopic (exact) mass is 256 g/mol. The third kappa shape index (κ3) is 4.19. The fourth-order valence-electron chi connectivity index (χ4n) is 2.29. The summed E-state index contributed by atoms with van der Waals surface area (Å²) in [5.74, 6) is 1.06. The van der Waals surface area contributed by atoms with Crippen molar-refractivity contribution in [2.45, 2.75) is 19.4 Å². The van der Waals surface area contributed by atoms with E-state index in [1.165, 1.54) is 18.4 Å². The van der Waals surface area contributed by atoms with E-state index in [1.807, 2.05) is 12.1 Å². The predicted molar refractivity (Wildman–Crippen MR) is 72.4 cm³/mol. The minimum atomic E-state index is 0. The Morgan fingerprint density at radius 2 is 2.00 bits per heavy atom. The number of piperidine rings is 1. The van der Waals surface area contributed by atoms with Gasteiger partial charge in [0.15, 0.2) is 0 Å². The number of phenolic OH excluding ortho intramolecular Hbond substituents is 1. The highest BCUT2D eigenvalue weighted by Gasteiger charge is 2.17. The molecular weight excluding hydrogens is 236 g/mol. The van der Waals surface area contributed by atoms with Crippen LogP contribution in [0.15, 0.2) is 24.3 Å². The maximum atomic E-state index is 9.39. The summed E-state index contributed by atoms with van der Waals surface area (Å²) >= 11 is 0. The molecule has 17 heavy (non-hydrogen) atoms. The van der Waals surface area contributed by atoms with Crippen molar-refractivity contribution in [3.8, 4) is 5.75 Å². The largest absolute Gasteiger partial charge is 0.508 e. The number of phenols is 1. The summed E-state index contributed by atoms with van der Waals surface area (Å²) in [7, 11) is 0. The standard InChI is InChI=1S/C13H20N2O.ClH/c14-9-11-4-6-15(7-5-11)10-12-2-1-3-13(16)8-12;/h1-3,8,11,16H,4-7,9-10,14H2;1H. The van der Waals surface area contributed by atoms with Crippen molar-refractivity contribution >= 4 is 12.4 Å². The van der Waals surface area contributed by atoms with Gasteiger partial charge in [0.05, 0.1) is 0 Å². The van der Waals surface area contributed by atoms with Gasteiger partial charge in [-0.2, -0.15) is 0 Å². The van der Waals surface area contributed by atoms with E-state index in [9.17, 15) is 5.11 Å². The van der Waals surface area contributed by atoms with Gasteiger partial charge in [-0.3, -0.25) is 4.90 Å². The smallest absolute Gasteiger partial charge is 0.115 e. The van der Waals surface area contributed by atoms with Crippen molar-refractivity contribution in [3.05, 3.63) is 29.8 Å². The van der Waals surface area contributed by atoms with E-state index < -0.39 is 0 Å². The molecule has 96 valence electrons. The van der Waals surface area contributed by atoms with Crippen LogP contribution in [0.4, 0.5) is 0 Å². The van der Waals surface area contributed by atoms with Gasteiger partial charge >= 0.3 is 0 Å². The summed E-state index contributed by atoms with van der Waals surface area (Å²) < 4.78 is 0. The lowest BCUT2D eigenvalue weighted by atomic mass is 9.97. The summed E-state index contributed by atoms with van der Waals surface area (Å²) in [6.07, 6.45) is 2.41. The number of aromatic hydroxyl groups is 1. The number of nitrogens with two attached hydrogens (primary N) is 1. The van der Waals surface area contributed by atoms with Gasteiger partial charge in [0, 0.05) is 6.54 Å². The number of benzene rings is 1. The van der Waals surface area contributed by atoms with Crippen LogP contribution in [-0.4, -0.2) is 29.6 Å². The molecule has 4 heteroatoms. The Morgan fingerprint density at radius 3 is 2.59 bits per heavy atom. The van der Waals surface area contributed by atoms with Crippen LogP contribution in [0.3, 0.4) is 0 Å². The number of hydrogen-bond donors (Lipinski definition) is 2. The highest BCUT2D eigenvalue weighted by atomic mass is 35.5. The summed E-state index contributed by atoms with van der Waals surface area (Å²) in [6, 6.07) is 7.52. The number of hydrogen-bond acceptors (Lipinski definition) is 3. The molecule has 1 fully saturated rings. The van der Waals surface area contributed by atoms with Crippen LogP contribution >= 0.6 is 12.4 Å². The van der Waals surface area contributed by atoms with E-state index in [-0.39, 0.29) is 12.4 Å². The van der Waals surface area contributed by atoms with Crippen molar-refractivity contribution in [1.82, 2.24) is 4.90 Å². The molecule has 0 unspecified atom stereocenters. The zero-order chi connectivity index (χ0) is 11.4. The molecule has 2 rings (SSSR count). The first-order valence-electron chi connectivity index (χ1n) is 5.98. The summed E-state index contributed by atoms with van der Waals surface area (Å²) in [4.78, 5) is 2.43. The molecule has 0 atom stereocenters. The van der Waals surface area contributed by atoms with E-state index in [4.69, 9.17) is 5.73 Å². The molecule has 1 aliphatic heterocycles. The molecule has 1 aromatic carbocycles. The maximum Gasteiger partial charge on any atom is 0.115 e. The Labute approximate surface area is 109 Å². The molecule has 3 N–H and O–H groups in total. The molecule has 0 aromatic heterocycles. The number of rotatable bonds is 3. The van der Waals surface area contributed by atoms with Crippen LogP contribution in [0.1, 0.15) is 18.4 Å². The first-order valence-corrected chi connectivity index (χ1v) is 5.98. The van der Waals surface area contributed by atoms with Gasteiger partial charge < -0.3 is 10.8 Å². The lowest BCUT2D eigenvalue weighted by Crippen LogP contribution is -2.35. The molecule has 0 amide bonds. The van der Waals surface area contributed by atoms with Gasteiger partial charge in [0.2, 0.25) is 0 Å². The first kappa shape index (κ1) is 14.3. The quantitative estimate of drug-likeness (QED) is 0.870. The number of nitrogens with zero attached hydrogens (tertiary/aromatic N) is 1. The van der Waals surface area contributed by atoms with Crippen molar-refractivity contribution in [1.29, 1.82) is 0 Å². The third-order valence-electron chi connectivity index (χ3n) is 3.36. The van der Waals surface area contributed by atoms with E-state index in [0.717, 1.165) is 26.2 Å². The zero-order valence-corrected chi connectivity index (χ0v) is 10.8. The topological polar surface area (TPSA) is 49.5 Å². The minimum Gasteiger partial charge on any atom is -0.508 e. The van der Waals surface area contributed by atoms with E-state index >= 15 is 0 Å². The zero-order valence-electron chi connectivity index (χ0n) is 10.0. The molecule has 3 nitrogen and oxygen atoms in total. The highest BCUT2D eigenvalue weighted by molar-refractivity contribution is 5.85. The molecule has 1 aromatic rings. The average Bonchev–Trinajstić information content (AvgIpc) is 2.30. The Hall–Kier alpha value is -0.770. The average molecular weight is 257 g/mol. The van der Waals surface area contributed by atoms with Crippen LogP contribution in [0.2, 0.25) is 0 Å². The Balaban J connectivity index is 0.00000144. The summed E-state index contributed by atoms with van der Waals surface area (Å²) in [5.41, 5.74) is 6.86. The van der Waals surface area contributed by atoms with Gasteiger partial charge in [-0.05, 0) is 56.1 Å². The first-order chi connectivity index (χ1) is 7.78. The molecule has 0 bridgehead atoms. The molecule has 0 aliphatic carbocycles. The molecule has 1 saturated heterocycles. The van der Waals surface area contributed by atoms with Crippen LogP contribution in [0.25, 0.3) is 0 Å². The van der Waals surface area contributed by atoms with Gasteiger partial charge in [-0.25, -0.2) is 0 Å². The number of likely N-dealkylation sites (tertiary alicyclic amines) is 1. The van der Waals surface area contributed by atoms with Gasteiger partial charge in [-0.1, -0.05) is 12.1 Å². The van der Waals surface area contributed by atoms with E-state index in [0.29, 0.717) is 11.7 Å². The van der Waals surface area contributed by atoms with Crippen molar-refractivity contribution in [3.63, 3.8) is 0 Å². The number of halogens is 1. The Bertz CT molecular complexity index is 338. The molecule has 0 spiro atoms. The SMILES string of the molecule is Cl.NCC1CCN(Cc2cccc(O)c2)CC1. The van der Waals surface area contributed by atoms with Crippen LogP contribution in [-0.2, 0) is 6.54 Å². The van der Waals surface area contributed by atoms with Crippen LogP contribution in [0.5, 0.6) is 5.75 Å².